The predicted molar refractivity (Wildman–Crippen MR) is 96.1 cm³/mol. The van der Waals surface area contributed by atoms with E-state index in [-0.39, 0.29) is 11.9 Å². The molecule has 24 heavy (non-hydrogen) atoms. The molecule has 1 saturated heterocycles. The maximum atomic E-state index is 12.8. The SMILES string of the molecule is CC[C@H]1CN(C)CC[C@@H]1NC(=O)C(C)(C)COc1ncccc1C. The first-order valence-electron chi connectivity index (χ1n) is 8.87. The Kier molecular flexibility index (Phi) is 6.21. The van der Waals surface area contributed by atoms with Crippen molar-refractivity contribution in [3.63, 3.8) is 0 Å². The van der Waals surface area contributed by atoms with Gasteiger partial charge in [0.15, 0.2) is 0 Å². The number of piperidine rings is 1. The Hall–Kier alpha value is -1.62. The summed E-state index contributed by atoms with van der Waals surface area (Å²) < 4.78 is 5.80. The molecule has 0 aromatic carbocycles. The molecule has 2 heterocycles. The summed E-state index contributed by atoms with van der Waals surface area (Å²) >= 11 is 0. The highest BCUT2D eigenvalue weighted by atomic mass is 16.5. The van der Waals surface area contributed by atoms with Crippen molar-refractivity contribution in [1.29, 1.82) is 0 Å². The van der Waals surface area contributed by atoms with E-state index in [1.165, 1.54) is 0 Å². The van der Waals surface area contributed by atoms with Crippen LogP contribution in [0.25, 0.3) is 0 Å². The third-order valence-corrected chi connectivity index (χ3v) is 4.92. The number of nitrogens with one attached hydrogen (secondary N) is 1. The molecule has 5 heteroatoms. The van der Waals surface area contributed by atoms with Crippen LogP contribution in [0.3, 0.4) is 0 Å². The Morgan fingerprint density at radius 2 is 2.25 bits per heavy atom. The Morgan fingerprint density at radius 1 is 1.50 bits per heavy atom. The van der Waals surface area contributed by atoms with Crippen molar-refractivity contribution in [1.82, 2.24) is 15.2 Å². The normalized spacial score (nSPS) is 22.2. The second kappa shape index (κ2) is 7.97. The lowest BCUT2D eigenvalue weighted by molar-refractivity contribution is -0.132. The molecule has 134 valence electrons. The number of ether oxygens (including phenoxy) is 1. The lowest BCUT2D eigenvalue weighted by atomic mass is 9.87. The molecule has 1 fully saturated rings. The highest BCUT2D eigenvalue weighted by Gasteiger charge is 2.34. The molecule has 1 amide bonds. The molecule has 5 nitrogen and oxygen atoms in total. The molecule has 0 spiro atoms. The van der Waals surface area contributed by atoms with Crippen LogP contribution < -0.4 is 10.1 Å². The minimum Gasteiger partial charge on any atom is -0.476 e. The van der Waals surface area contributed by atoms with Gasteiger partial charge in [-0.05, 0) is 52.8 Å². The van der Waals surface area contributed by atoms with Gasteiger partial charge >= 0.3 is 0 Å². The third-order valence-electron chi connectivity index (χ3n) is 4.92. The van der Waals surface area contributed by atoms with Gasteiger partial charge in [0.05, 0.1) is 5.41 Å². The fraction of sp³-hybridized carbons (Fsp3) is 0.684. The van der Waals surface area contributed by atoms with E-state index in [0.29, 0.717) is 18.4 Å². The van der Waals surface area contributed by atoms with Gasteiger partial charge in [-0.15, -0.1) is 0 Å². The smallest absolute Gasteiger partial charge is 0.229 e. The summed E-state index contributed by atoms with van der Waals surface area (Å²) in [4.78, 5) is 19.3. The monoisotopic (exact) mass is 333 g/mol. The zero-order valence-corrected chi connectivity index (χ0v) is 15.6. The molecule has 2 atom stereocenters. The van der Waals surface area contributed by atoms with E-state index in [1.54, 1.807) is 6.20 Å². The van der Waals surface area contributed by atoms with Crippen LogP contribution in [0.15, 0.2) is 18.3 Å². The van der Waals surface area contributed by atoms with Crippen molar-refractivity contribution < 1.29 is 9.53 Å². The first-order chi connectivity index (χ1) is 11.3. The van der Waals surface area contributed by atoms with Gasteiger partial charge in [0, 0.05) is 24.3 Å². The average molecular weight is 333 g/mol. The van der Waals surface area contributed by atoms with Gasteiger partial charge in [0.1, 0.15) is 6.61 Å². The van der Waals surface area contributed by atoms with Crippen LogP contribution >= 0.6 is 0 Å². The van der Waals surface area contributed by atoms with Gasteiger partial charge in [0.2, 0.25) is 11.8 Å². The Bertz CT molecular complexity index is 559. The number of hydrogen-bond donors (Lipinski definition) is 1. The van der Waals surface area contributed by atoms with Crippen molar-refractivity contribution in [2.75, 3.05) is 26.7 Å². The number of nitrogens with zero attached hydrogens (tertiary/aromatic N) is 2. The molecular formula is C19H31N3O2. The van der Waals surface area contributed by atoms with Crippen molar-refractivity contribution >= 4 is 5.91 Å². The lowest BCUT2D eigenvalue weighted by Gasteiger charge is -2.38. The fourth-order valence-corrected chi connectivity index (χ4v) is 3.12. The molecule has 1 aliphatic rings. The highest BCUT2D eigenvalue weighted by Crippen LogP contribution is 2.23. The summed E-state index contributed by atoms with van der Waals surface area (Å²) in [5, 5.41) is 3.27. The number of pyridine rings is 1. The highest BCUT2D eigenvalue weighted by molar-refractivity contribution is 5.82. The molecule has 0 unspecified atom stereocenters. The summed E-state index contributed by atoms with van der Waals surface area (Å²) in [5.41, 5.74) is 0.390. The summed E-state index contributed by atoms with van der Waals surface area (Å²) in [6.45, 7) is 10.4. The summed E-state index contributed by atoms with van der Waals surface area (Å²) in [5.74, 6) is 1.18. The van der Waals surface area contributed by atoms with Crippen LogP contribution in [-0.2, 0) is 4.79 Å². The van der Waals surface area contributed by atoms with E-state index in [0.717, 1.165) is 31.5 Å². The zero-order valence-electron chi connectivity index (χ0n) is 15.6. The minimum absolute atomic E-state index is 0.0593. The second-order valence-corrected chi connectivity index (χ2v) is 7.60. The van der Waals surface area contributed by atoms with Crippen molar-refractivity contribution in [3.8, 4) is 5.88 Å². The first-order valence-corrected chi connectivity index (χ1v) is 8.87. The molecule has 1 aromatic rings. The van der Waals surface area contributed by atoms with E-state index < -0.39 is 5.41 Å². The van der Waals surface area contributed by atoms with Crippen LogP contribution in [-0.4, -0.2) is 48.6 Å². The van der Waals surface area contributed by atoms with Crippen molar-refractivity contribution in [2.45, 2.75) is 46.6 Å². The molecule has 1 N–H and O–H groups in total. The van der Waals surface area contributed by atoms with Crippen LogP contribution in [0.4, 0.5) is 0 Å². The van der Waals surface area contributed by atoms with E-state index in [4.69, 9.17) is 4.74 Å². The molecule has 0 saturated carbocycles. The number of hydrogen-bond acceptors (Lipinski definition) is 4. The number of rotatable bonds is 6. The number of carbonyl (C=O) groups excluding carboxylic acids is 1. The largest absolute Gasteiger partial charge is 0.476 e. The molecule has 1 aromatic heterocycles. The quantitative estimate of drug-likeness (QED) is 0.869. The Balaban J connectivity index is 1.93. The third kappa shape index (κ3) is 4.69. The number of aromatic nitrogens is 1. The van der Waals surface area contributed by atoms with Crippen LogP contribution in [0.2, 0.25) is 0 Å². The van der Waals surface area contributed by atoms with Gasteiger partial charge in [-0.25, -0.2) is 4.98 Å². The predicted octanol–water partition coefficient (Wildman–Crippen LogP) is 2.64. The first kappa shape index (κ1) is 18.7. The second-order valence-electron chi connectivity index (χ2n) is 7.60. The van der Waals surface area contributed by atoms with Crippen LogP contribution in [0, 0.1) is 18.3 Å². The number of likely N-dealkylation sites (tertiary alicyclic amines) is 1. The summed E-state index contributed by atoms with van der Waals surface area (Å²) in [6, 6.07) is 4.10. The van der Waals surface area contributed by atoms with Crippen molar-refractivity contribution in [2.24, 2.45) is 11.3 Å². The van der Waals surface area contributed by atoms with Gasteiger partial charge in [-0.2, -0.15) is 0 Å². The van der Waals surface area contributed by atoms with E-state index in [1.807, 2.05) is 32.9 Å². The van der Waals surface area contributed by atoms with E-state index >= 15 is 0 Å². The van der Waals surface area contributed by atoms with E-state index in [2.05, 4.69) is 29.2 Å². The number of aryl methyl sites for hydroxylation is 1. The van der Waals surface area contributed by atoms with E-state index in [9.17, 15) is 4.79 Å². The van der Waals surface area contributed by atoms with Crippen LogP contribution in [0.5, 0.6) is 5.88 Å². The Morgan fingerprint density at radius 3 is 2.92 bits per heavy atom. The topological polar surface area (TPSA) is 54.5 Å². The summed E-state index contributed by atoms with van der Waals surface area (Å²) in [7, 11) is 2.15. The molecule has 1 aliphatic heterocycles. The van der Waals surface area contributed by atoms with Gasteiger partial charge < -0.3 is 15.0 Å². The molecule has 0 bridgehead atoms. The molecule has 2 rings (SSSR count). The average Bonchev–Trinajstić information content (AvgIpc) is 2.55. The fourth-order valence-electron chi connectivity index (χ4n) is 3.12. The summed E-state index contributed by atoms with van der Waals surface area (Å²) in [6.07, 6.45) is 3.80. The van der Waals surface area contributed by atoms with Gasteiger partial charge in [0.25, 0.3) is 0 Å². The lowest BCUT2D eigenvalue weighted by Crippen LogP contribution is -2.53. The number of carbonyl (C=O) groups is 1. The minimum atomic E-state index is -0.592. The Labute approximate surface area is 145 Å². The maximum Gasteiger partial charge on any atom is 0.229 e. The number of amides is 1. The van der Waals surface area contributed by atoms with Crippen LogP contribution in [0.1, 0.15) is 39.2 Å². The standard InChI is InChI=1S/C19H31N3O2/c1-6-15-12-22(5)11-9-16(15)21-18(23)19(3,4)13-24-17-14(2)8-7-10-20-17/h7-8,10,15-16H,6,9,11-13H2,1-5H3,(H,21,23)/t15-,16-/m0/s1. The molecular weight excluding hydrogens is 302 g/mol. The molecule has 0 radical (unpaired) electrons. The zero-order chi connectivity index (χ0) is 17.7. The van der Waals surface area contributed by atoms with Gasteiger partial charge in [-0.3, -0.25) is 4.79 Å². The van der Waals surface area contributed by atoms with Gasteiger partial charge in [-0.1, -0.05) is 19.4 Å². The molecule has 0 aliphatic carbocycles. The van der Waals surface area contributed by atoms with Crippen molar-refractivity contribution in [3.05, 3.63) is 23.9 Å². The maximum absolute atomic E-state index is 12.8.